The SMILES string of the molecule is COc1ccc(OC[C@H](C)NC(=S)Nc2ccc(Cl)cc2)cc1. The van der Waals surface area contributed by atoms with Gasteiger partial charge in [0.25, 0.3) is 0 Å². The number of methoxy groups -OCH3 is 1. The van der Waals surface area contributed by atoms with Crippen LogP contribution in [0.4, 0.5) is 5.69 Å². The van der Waals surface area contributed by atoms with Crippen LogP contribution in [0.5, 0.6) is 11.5 Å². The van der Waals surface area contributed by atoms with Crippen molar-refractivity contribution in [1.29, 1.82) is 0 Å². The van der Waals surface area contributed by atoms with Gasteiger partial charge in [-0.3, -0.25) is 0 Å². The van der Waals surface area contributed by atoms with E-state index in [0.717, 1.165) is 17.2 Å². The molecule has 2 aromatic rings. The zero-order valence-electron chi connectivity index (χ0n) is 13.0. The summed E-state index contributed by atoms with van der Waals surface area (Å²) >= 11 is 11.1. The molecule has 0 amide bonds. The minimum absolute atomic E-state index is 0.0596. The van der Waals surface area contributed by atoms with Gasteiger partial charge in [0.05, 0.1) is 13.2 Å². The number of thiocarbonyl (C=S) groups is 1. The zero-order valence-corrected chi connectivity index (χ0v) is 14.6. The van der Waals surface area contributed by atoms with Gasteiger partial charge in [0.1, 0.15) is 18.1 Å². The quantitative estimate of drug-likeness (QED) is 0.768. The fourth-order valence-electron chi connectivity index (χ4n) is 1.86. The van der Waals surface area contributed by atoms with E-state index >= 15 is 0 Å². The smallest absolute Gasteiger partial charge is 0.171 e. The monoisotopic (exact) mass is 350 g/mol. The van der Waals surface area contributed by atoms with Gasteiger partial charge in [0, 0.05) is 10.7 Å². The van der Waals surface area contributed by atoms with E-state index in [9.17, 15) is 0 Å². The highest BCUT2D eigenvalue weighted by Gasteiger charge is 2.06. The van der Waals surface area contributed by atoms with Crippen molar-refractivity contribution >= 4 is 34.6 Å². The van der Waals surface area contributed by atoms with E-state index in [1.54, 1.807) is 7.11 Å². The number of nitrogens with one attached hydrogen (secondary N) is 2. The predicted molar refractivity (Wildman–Crippen MR) is 98.8 cm³/mol. The molecule has 0 aromatic heterocycles. The van der Waals surface area contributed by atoms with Crippen molar-refractivity contribution in [2.75, 3.05) is 19.0 Å². The van der Waals surface area contributed by atoms with Crippen molar-refractivity contribution in [3.8, 4) is 11.5 Å². The van der Waals surface area contributed by atoms with E-state index in [-0.39, 0.29) is 6.04 Å². The summed E-state index contributed by atoms with van der Waals surface area (Å²) < 4.78 is 10.8. The van der Waals surface area contributed by atoms with Gasteiger partial charge in [0.2, 0.25) is 0 Å². The second-order valence-electron chi connectivity index (χ2n) is 4.99. The molecule has 2 aromatic carbocycles. The Hall–Kier alpha value is -1.98. The summed E-state index contributed by atoms with van der Waals surface area (Å²) in [5, 5.41) is 7.51. The van der Waals surface area contributed by atoms with Crippen LogP contribution in [-0.4, -0.2) is 24.9 Å². The molecule has 23 heavy (non-hydrogen) atoms. The molecule has 0 radical (unpaired) electrons. The third kappa shape index (κ3) is 5.96. The van der Waals surface area contributed by atoms with Gasteiger partial charge < -0.3 is 20.1 Å². The van der Waals surface area contributed by atoms with Crippen LogP contribution in [0.15, 0.2) is 48.5 Å². The molecule has 0 saturated carbocycles. The van der Waals surface area contributed by atoms with Gasteiger partial charge in [-0.25, -0.2) is 0 Å². The lowest BCUT2D eigenvalue weighted by atomic mass is 10.3. The maximum absolute atomic E-state index is 5.85. The summed E-state index contributed by atoms with van der Waals surface area (Å²) in [6.07, 6.45) is 0. The Labute approximate surface area is 146 Å². The van der Waals surface area contributed by atoms with Crippen LogP contribution in [0, 0.1) is 0 Å². The van der Waals surface area contributed by atoms with Crippen molar-refractivity contribution in [3.05, 3.63) is 53.6 Å². The first kappa shape index (κ1) is 17.4. The lowest BCUT2D eigenvalue weighted by Crippen LogP contribution is -2.39. The molecule has 1 atom stereocenters. The molecule has 0 aliphatic rings. The number of benzene rings is 2. The van der Waals surface area contributed by atoms with E-state index in [4.69, 9.17) is 33.3 Å². The van der Waals surface area contributed by atoms with Gasteiger partial charge >= 0.3 is 0 Å². The molecule has 2 rings (SSSR count). The molecule has 4 nitrogen and oxygen atoms in total. The number of anilines is 1. The van der Waals surface area contributed by atoms with Crippen LogP contribution < -0.4 is 20.1 Å². The predicted octanol–water partition coefficient (Wildman–Crippen LogP) is 4.10. The summed E-state index contributed by atoms with van der Waals surface area (Å²) in [5.41, 5.74) is 0.884. The number of hydrogen-bond donors (Lipinski definition) is 2. The largest absolute Gasteiger partial charge is 0.497 e. The van der Waals surface area contributed by atoms with Crippen LogP contribution in [0.1, 0.15) is 6.92 Å². The lowest BCUT2D eigenvalue weighted by molar-refractivity contribution is 0.286. The van der Waals surface area contributed by atoms with Crippen LogP contribution in [0.2, 0.25) is 5.02 Å². The van der Waals surface area contributed by atoms with E-state index < -0.39 is 0 Å². The minimum Gasteiger partial charge on any atom is -0.497 e. The number of halogens is 1. The topological polar surface area (TPSA) is 42.5 Å². The van der Waals surface area contributed by atoms with Crippen molar-refractivity contribution < 1.29 is 9.47 Å². The third-order valence-corrected chi connectivity index (χ3v) is 3.51. The highest BCUT2D eigenvalue weighted by Crippen LogP contribution is 2.17. The summed E-state index contributed by atoms with van der Waals surface area (Å²) in [5.74, 6) is 1.59. The Morgan fingerprint density at radius 1 is 1.09 bits per heavy atom. The Morgan fingerprint density at radius 3 is 2.30 bits per heavy atom. The van der Waals surface area contributed by atoms with Gasteiger partial charge in [-0.15, -0.1) is 0 Å². The first-order valence-corrected chi connectivity index (χ1v) is 7.95. The molecule has 0 heterocycles. The van der Waals surface area contributed by atoms with Gasteiger partial charge in [-0.2, -0.15) is 0 Å². The summed E-state index contributed by atoms with van der Waals surface area (Å²) in [6.45, 7) is 2.49. The molecule has 122 valence electrons. The Morgan fingerprint density at radius 2 is 1.70 bits per heavy atom. The first-order chi connectivity index (χ1) is 11.1. The Kier molecular flexibility index (Phi) is 6.50. The molecule has 0 saturated heterocycles. The van der Waals surface area contributed by atoms with Crippen molar-refractivity contribution in [3.63, 3.8) is 0 Å². The standard InChI is InChI=1S/C17H19ClN2O2S/c1-12(11-22-16-9-7-15(21-2)8-10-16)19-17(23)20-14-5-3-13(18)4-6-14/h3-10,12H,11H2,1-2H3,(H2,19,20,23)/t12-/m0/s1. The fraction of sp³-hybridized carbons (Fsp3) is 0.235. The van der Waals surface area contributed by atoms with Crippen LogP contribution in [0.3, 0.4) is 0 Å². The van der Waals surface area contributed by atoms with Gasteiger partial charge in [-0.1, -0.05) is 11.6 Å². The summed E-state index contributed by atoms with van der Waals surface area (Å²) in [7, 11) is 1.64. The minimum atomic E-state index is 0.0596. The fourth-order valence-corrected chi connectivity index (χ4v) is 2.30. The Bertz CT molecular complexity index is 632. The molecule has 6 heteroatoms. The maximum atomic E-state index is 5.85. The van der Waals surface area contributed by atoms with E-state index in [1.165, 1.54) is 0 Å². The van der Waals surface area contributed by atoms with Crippen LogP contribution >= 0.6 is 23.8 Å². The molecular weight excluding hydrogens is 332 g/mol. The van der Waals surface area contributed by atoms with Crippen molar-refractivity contribution in [1.82, 2.24) is 5.32 Å². The third-order valence-electron chi connectivity index (χ3n) is 3.04. The number of rotatable bonds is 6. The highest BCUT2D eigenvalue weighted by molar-refractivity contribution is 7.80. The number of hydrogen-bond acceptors (Lipinski definition) is 3. The average Bonchev–Trinajstić information content (AvgIpc) is 2.55. The van der Waals surface area contributed by atoms with E-state index in [1.807, 2.05) is 55.5 Å². The molecule has 0 aliphatic carbocycles. The summed E-state index contributed by atoms with van der Waals surface area (Å²) in [6, 6.07) is 14.9. The molecule has 2 N–H and O–H groups in total. The van der Waals surface area contributed by atoms with E-state index in [0.29, 0.717) is 16.7 Å². The molecule has 0 spiro atoms. The molecule has 0 fully saturated rings. The van der Waals surface area contributed by atoms with Gasteiger partial charge in [0.15, 0.2) is 5.11 Å². The maximum Gasteiger partial charge on any atom is 0.171 e. The van der Waals surface area contributed by atoms with Crippen LogP contribution in [-0.2, 0) is 0 Å². The van der Waals surface area contributed by atoms with E-state index in [2.05, 4.69) is 10.6 Å². The normalized spacial score (nSPS) is 11.4. The number of ether oxygens (including phenoxy) is 2. The van der Waals surface area contributed by atoms with Crippen molar-refractivity contribution in [2.24, 2.45) is 0 Å². The molecular formula is C17H19ClN2O2S. The highest BCUT2D eigenvalue weighted by atomic mass is 35.5. The molecule has 0 unspecified atom stereocenters. The van der Waals surface area contributed by atoms with Gasteiger partial charge in [-0.05, 0) is 67.7 Å². The zero-order chi connectivity index (χ0) is 16.7. The summed E-state index contributed by atoms with van der Waals surface area (Å²) in [4.78, 5) is 0. The van der Waals surface area contributed by atoms with Crippen molar-refractivity contribution in [2.45, 2.75) is 13.0 Å². The molecule has 0 aliphatic heterocycles. The lowest BCUT2D eigenvalue weighted by Gasteiger charge is -2.17. The second-order valence-corrected chi connectivity index (χ2v) is 5.84. The Balaban J connectivity index is 1.75. The average molecular weight is 351 g/mol. The second kappa shape index (κ2) is 8.60. The molecule has 0 bridgehead atoms. The first-order valence-electron chi connectivity index (χ1n) is 7.17. The van der Waals surface area contributed by atoms with Crippen LogP contribution in [0.25, 0.3) is 0 Å².